The van der Waals surface area contributed by atoms with Gasteiger partial charge in [0.1, 0.15) is 11.6 Å². The van der Waals surface area contributed by atoms with Crippen LogP contribution in [0.3, 0.4) is 0 Å². The molecule has 0 aliphatic rings. The lowest BCUT2D eigenvalue weighted by atomic mass is 9.98. The molecular formula is C15H15BrClFN2O. The molecule has 1 unspecified atom stereocenters. The number of halogens is 3. The van der Waals surface area contributed by atoms with Crippen molar-refractivity contribution in [1.29, 1.82) is 0 Å². The molecule has 0 heterocycles. The summed E-state index contributed by atoms with van der Waals surface area (Å²) in [6.45, 7) is 0. The van der Waals surface area contributed by atoms with Crippen LogP contribution in [0.2, 0.25) is 5.02 Å². The lowest BCUT2D eigenvalue weighted by Crippen LogP contribution is -2.30. The first-order valence-corrected chi connectivity index (χ1v) is 7.46. The maximum Gasteiger partial charge on any atom is 0.137 e. The van der Waals surface area contributed by atoms with Crippen molar-refractivity contribution in [2.24, 2.45) is 5.84 Å². The number of nitrogens with one attached hydrogen (secondary N) is 1. The fraction of sp³-hybridized carbons (Fsp3) is 0.200. The lowest BCUT2D eigenvalue weighted by Gasteiger charge is -2.19. The molecule has 0 bridgehead atoms. The van der Waals surface area contributed by atoms with Crippen molar-refractivity contribution in [3.63, 3.8) is 0 Å². The van der Waals surface area contributed by atoms with E-state index >= 15 is 0 Å². The molecule has 6 heteroatoms. The average molecular weight is 374 g/mol. The number of hydrazine groups is 1. The second-order valence-electron chi connectivity index (χ2n) is 4.52. The highest BCUT2D eigenvalue weighted by molar-refractivity contribution is 9.10. The normalized spacial score (nSPS) is 12.2. The minimum atomic E-state index is -0.328. The molecular weight excluding hydrogens is 359 g/mol. The fourth-order valence-electron chi connectivity index (χ4n) is 2.17. The summed E-state index contributed by atoms with van der Waals surface area (Å²) in [5, 5.41) is 0.611. The van der Waals surface area contributed by atoms with E-state index in [9.17, 15) is 4.39 Å². The zero-order chi connectivity index (χ0) is 15.4. The van der Waals surface area contributed by atoms with Crippen LogP contribution >= 0.6 is 27.5 Å². The third-order valence-electron chi connectivity index (χ3n) is 3.22. The number of ether oxygens (including phenoxy) is 1. The van der Waals surface area contributed by atoms with Gasteiger partial charge in [0.2, 0.25) is 0 Å². The van der Waals surface area contributed by atoms with Gasteiger partial charge in [-0.25, -0.2) is 4.39 Å². The molecule has 2 rings (SSSR count). The Bertz CT molecular complexity index is 639. The van der Waals surface area contributed by atoms with Gasteiger partial charge in [-0.2, -0.15) is 0 Å². The smallest absolute Gasteiger partial charge is 0.137 e. The number of benzene rings is 2. The minimum Gasteiger partial charge on any atom is -0.496 e. The van der Waals surface area contributed by atoms with E-state index in [4.69, 9.17) is 22.2 Å². The van der Waals surface area contributed by atoms with E-state index in [1.54, 1.807) is 25.3 Å². The van der Waals surface area contributed by atoms with Gasteiger partial charge in [0.25, 0.3) is 0 Å². The quantitative estimate of drug-likeness (QED) is 0.615. The van der Waals surface area contributed by atoms with Crippen molar-refractivity contribution in [2.75, 3.05) is 7.11 Å². The second kappa shape index (κ2) is 7.22. The Labute approximate surface area is 136 Å². The Morgan fingerprint density at radius 2 is 2.14 bits per heavy atom. The summed E-state index contributed by atoms with van der Waals surface area (Å²) in [6.07, 6.45) is 0.516. The first-order chi connectivity index (χ1) is 10.1. The number of nitrogens with two attached hydrogens (primary N) is 1. The molecule has 0 aliphatic carbocycles. The first-order valence-electron chi connectivity index (χ1n) is 6.29. The van der Waals surface area contributed by atoms with Crippen molar-refractivity contribution in [3.05, 3.63) is 62.8 Å². The van der Waals surface area contributed by atoms with Crippen LogP contribution in [0.5, 0.6) is 5.75 Å². The maximum atomic E-state index is 13.7. The molecule has 0 aliphatic heterocycles. The second-order valence-corrected chi connectivity index (χ2v) is 5.75. The summed E-state index contributed by atoms with van der Waals surface area (Å²) in [7, 11) is 1.59. The molecule has 21 heavy (non-hydrogen) atoms. The monoisotopic (exact) mass is 372 g/mol. The summed E-state index contributed by atoms with van der Waals surface area (Å²) >= 11 is 9.28. The predicted molar refractivity (Wildman–Crippen MR) is 85.9 cm³/mol. The van der Waals surface area contributed by atoms with Crippen molar-refractivity contribution in [2.45, 2.75) is 12.5 Å². The van der Waals surface area contributed by atoms with Crippen molar-refractivity contribution in [1.82, 2.24) is 5.43 Å². The van der Waals surface area contributed by atoms with Gasteiger partial charge >= 0.3 is 0 Å². The first kappa shape index (κ1) is 16.2. The van der Waals surface area contributed by atoms with Gasteiger partial charge in [-0.15, -0.1) is 0 Å². The van der Waals surface area contributed by atoms with E-state index in [2.05, 4.69) is 21.4 Å². The lowest BCUT2D eigenvalue weighted by molar-refractivity contribution is 0.405. The van der Waals surface area contributed by atoms with Gasteiger partial charge in [0.15, 0.2) is 0 Å². The summed E-state index contributed by atoms with van der Waals surface area (Å²) in [6, 6.07) is 9.95. The highest BCUT2D eigenvalue weighted by Gasteiger charge is 2.18. The molecule has 0 fully saturated rings. The zero-order valence-corrected chi connectivity index (χ0v) is 13.7. The third-order valence-corrected chi connectivity index (χ3v) is 4.30. The molecule has 0 aromatic heterocycles. The number of hydrogen-bond acceptors (Lipinski definition) is 3. The van der Waals surface area contributed by atoms with Gasteiger partial charge in [-0.05, 0) is 57.7 Å². The SMILES string of the molecule is COc1ccc(Cl)cc1CC(NN)c1cccc(F)c1Br. The molecule has 2 aromatic rings. The zero-order valence-electron chi connectivity index (χ0n) is 11.4. The van der Waals surface area contributed by atoms with Gasteiger partial charge in [0.05, 0.1) is 17.6 Å². The Kier molecular flexibility index (Phi) is 5.58. The molecule has 3 nitrogen and oxygen atoms in total. The van der Waals surface area contributed by atoms with Crippen LogP contribution in [0.25, 0.3) is 0 Å². The van der Waals surface area contributed by atoms with E-state index in [0.29, 0.717) is 21.7 Å². The summed E-state index contributed by atoms with van der Waals surface area (Å²) in [5.74, 6) is 6.02. The number of methoxy groups -OCH3 is 1. The fourth-order valence-corrected chi connectivity index (χ4v) is 2.91. The van der Waals surface area contributed by atoms with Crippen LogP contribution in [0.15, 0.2) is 40.9 Å². The Balaban J connectivity index is 2.35. The van der Waals surface area contributed by atoms with Gasteiger partial charge in [0, 0.05) is 5.02 Å². The largest absolute Gasteiger partial charge is 0.496 e. The molecule has 112 valence electrons. The molecule has 0 radical (unpaired) electrons. The maximum absolute atomic E-state index is 13.7. The molecule has 2 aromatic carbocycles. The van der Waals surface area contributed by atoms with Gasteiger partial charge in [-0.1, -0.05) is 23.7 Å². The Morgan fingerprint density at radius 1 is 1.38 bits per heavy atom. The summed E-state index contributed by atoms with van der Waals surface area (Å²) < 4.78 is 19.4. The van der Waals surface area contributed by atoms with E-state index in [1.165, 1.54) is 6.07 Å². The van der Waals surface area contributed by atoms with Crippen LogP contribution in [-0.4, -0.2) is 7.11 Å². The average Bonchev–Trinajstić information content (AvgIpc) is 2.48. The third kappa shape index (κ3) is 3.74. The molecule has 0 saturated heterocycles. The minimum absolute atomic E-state index is 0.276. The summed E-state index contributed by atoms with van der Waals surface area (Å²) in [5.41, 5.74) is 4.34. The molecule has 3 N–H and O–H groups in total. The predicted octanol–water partition coefficient (Wildman–Crippen LogP) is 4.00. The Morgan fingerprint density at radius 3 is 2.81 bits per heavy atom. The van der Waals surface area contributed by atoms with Crippen LogP contribution in [0, 0.1) is 5.82 Å². The number of hydrogen-bond donors (Lipinski definition) is 2. The highest BCUT2D eigenvalue weighted by Crippen LogP contribution is 2.31. The van der Waals surface area contributed by atoms with Crippen molar-refractivity contribution < 1.29 is 9.13 Å². The summed E-state index contributed by atoms with van der Waals surface area (Å²) in [4.78, 5) is 0. The molecule has 0 amide bonds. The van der Waals surface area contributed by atoms with Crippen LogP contribution < -0.4 is 16.0 Å². The topological polar surface area (TPSA) is 47.3 Å². The van der Waals surface area contributed by atoms with Gasteiger partial charge < -0.3 is 4.74 Å². The van der Waals surface area contributed by atoms with Crippen LogP contribution in [0.4, 0.5) is 4.39 Å². The molecule has 0 spiro atoms. The van der Waals surface area contributed by atoms with Gasteiger partial charge in [-0.3, -0.25) is 11.3 Å². The molecule has 0 saturated carbocycles. The van der Waals surface area contributed by atoms with E-state index in [-0.39, 0.29) is 11.9 Å². The van der Waals surface area contributed by atoms with Crippen molar-refractivity contribution >= 4 is 27.5 Å². The van der Waals surface area contributed by atoms with E-state index in [0.717, 1.165) is 11.1 Å². The van der Waals surface area contributed by atoms with Crippen LogP contribution in [-0.2, 0) is 6.42 Å². The molecule has 1 atom stereocenters. The standard InChI is InChI=1S/C15H15BrClFN2O/c1-21-14-6-5-10(17)7-9(14)8-13(20-19)11-3-2-4-12(18)15(11)16/h2-7,13,20H,8,19H2,1H3. The van der Waals surface area contributed by atoms with Crippen LogP contribution in [0.1, 0.15) is 17.2 Å². The highest BCUT2D eigenvalue weighted by atomic mass is 79.9. The van der Waals surface area contributed by atoms with Crippen molar-refractivity contribution in [3.8, 4) is 5.75 Å². The van der Waals surface area contributed by atoms with E-state index in [1.807, 2.05) is 12.1 Å². The van der Waals surface area contributed by atoms with E-state index < -0.39 is 0 Å². The Hall–Kier alpha value is -1.14. The number of rotatable bonds is 5.